The summed E-state index contributed by atoms with van der Waals surface area (Å²) in [6.07, 6.45) is 1.32. The number of benzene rings is 3. The van der Waals surface area contributed by atoms with E-state index in [2.05, 4.69) is 5.32 Å². The second-order valence-electron chi connectivity index (χ2n) is 8.17. The van der Waals surface area contributed by atoms with Gasteiger partial charge in [-0.15, -0.1) is 0 Å². The van der Waals surface area contributed by atoms with E-state index in [9.17, 15) is 18.8 Å². The van der Waals surface area contributed by atoms with Gasteiger partial charge in [-0.25, -0.2) is 4.39 Å². The first-order valence-corrected chi connectivity index (χ1v) is 11.2. The second-order valence-corrected chi connectivity index (χ2v) is 8.17. The number of hydrogen-bond donors (Lipinski definition) is 1. The van der Waals surface area contributed by atoms with E-state index in [0.29, 0.717) is 34.2 Å². The van der Waals surface area contributed by atoms with Crippen molar-refractivity contribution in [3.05, 3.63) is 88.0 Å². The van der Waals surface area contributed by atoms with E-state index in [0.717, 1.165) is 12.1 Å². The van der Waals surface area contributed by atoms with E-state index in [1.54, 1.807) is 24.3 Å². The Bertz CT molecular complexity index is 1600. The van der Waals surface area contributed by atoms with Crippen LogP contribution in [0.1, 0.15) is 15.9 Å². The molecule has 9 nitrogen and oxygen atoms in total. The van der Waals surface area contributed by atoms with Gasteiger partial charge in [-0.3, -0.25) is 14.4 Å². The highest BCUT2D eigenvalue weighted by Crippen LogP contribution is 2.35. The van der Waals surface area contributed by atoms with Crippen LogP contribution < -0.4 is 29.7 Å². The second kappa shape index (κ2) is 9.65. The van der Waals surface area contributed by atoms with Crippen molar-refractivity contribution in [2.24, 2.45) is 0 Å². The van der Waals surface area contributed by atoms with Gasteiger partial charge in [0.1, 0.15) is 23.9 Å². The highest BCUT2D eigenvalue weighted by molar-refractivity contribution is 6.10. The molecule has 4 aromatic rings. The number of carbonyl (C=O) groups excluding carboxylic acids is 2. The number of methoxy groups -OCH3 is 2. The maximum atomic E-state index is 13.4. The molecular weight excluding hydrogens is 483 g/mol. The molecule has 0 spiro atoms. The Labute approximate surface area is 209 Å². The standard InChI is InChI=1S/C27H21FN2O7/c1-34-17-7-8-20(22(9-17)35-2)29-25(31)13-30-12-19(26(32)15-3-5-16(28)6-4-15)27(33)18-10-23-24(11-21(18)30)37-14-36-23/h3-12H,13-14H2,1-2H3,(H,29,31). The molecule has 3 aromatic carbocycles. The predicted octanol–water partition coefficient (Wildman–Crippen LogP) is 3.76. The Morgan fingerprint density at radius 3 is 2.43 bits per heavy atom. The molecule has 0 aliphatic carbocycles. The minimum absolute atomic E-state index is 0.0149. The SMILES string of the molecule is COc1ccc(NC(=O)Cn2cc(C(=O)c3ccc(F)cc3)c(=O)c3cc4c(cc32)OCO4)c(OC)c1. The van der Waals surface area contributed by atoms with E-state index in [1.807, 2.05) is 0 Å². The average Bonchev–Trinajstić information content (AvgIpc) is 3.37. The van der Waals surface area contributed by atoms with Crippen LogP contribution in [0.2, 0.25) is 0 Å². The van der Waals surface area contributed by atoms with Crippen molar-refractivity contribution in [1.29, 1.82) is 0 Å². The van der Waals surface area contributed by atoms with Crippen LogP contribution in [0.25, 0.3) is 10.9 Å². The number of aromatic nitrogens is 1. The summed E-state index contributed by atoms with van der Waals surface area (Å²) in [7, 11) is 2.99. The lowest BCUT2D eigenvalue weighted by Crippen LogP contribution is -2.24. The van der Waals surface area contributed by atoms with Crippen LogP contribution in [0, 0.1) is 5.82 Å². The number of fused-ring (bicyclic) bond motifs is 2. The minimum atomic E-state index is -0.601. The summed E-state index contributed by atoms with van der Waals surface area (Å²) >= 11 is 0. The zero-order valence-corrected chi connectivity index (χ0v) is 19.9. The lowest BCUT2D eigenvalue weighted by molar-refractivity contribution is -0.116. The number of nitrogens with zero attached hydrogens (tertiary/aromatic N) is 1. The van der Waals surface area contributed by atoms with E-state index in [-0.39, 0.29) is 29.9 Å². The third-order valence-corrected chi connectivity index (χ3v) is 5.92. The molecule has 1 aliphatic rings. The molecule has 1 amide bonds. The lowest BCUT2D eigenvalue weighted by atomic mass is 10.0. The number of hydrogen-bond acceptors (Lipinski definition) is 7. The summed E-state index contributed by atoms with van der Waals surface area (Å²) in [6, 6.07) is 12.9. The Hall–Kier alpha value is -4.86. The fraction of sp³-hybridized carbons (Fsp3) is 0.148. The largest absolute Gasteiger partial charge is 0.497 e. The van der Waals surface area contributed by atoms with Crippen molar-refractivity contribution in [1.82, 2.24) is 4.57 Å². The van der Waals surface area contributed by atoms with E-state index < -0.39 is 22.9 Å². The molecule has 0 saturated carbocycles. The van der Waals surface area contributed by atoms with Crippen LogP contribution in [-0.2, 0) is 11.3 Å². The number of ketones is 1. The summed E-state index contributed by atoms with van der Waals surface area (Å²) in [5.74, 6) is 0.173. The van der Waals surface area contributed by atoms with Gasteiger partial charge in [0.25, 0.3) is 0 Å². The van der Waals surface area contributed by atoms with Crippen LogP contribution in [-0.4, -0.2) is 37.3 Å². The van der Waals surface area contributed by atoms with Gasteiger partial charge < -0.3 is 28.8 Å². The first-order chi connectivity index (χ1) is 17.9. The summed E-state index contributed by atoms with van der Waals surface area (Å²) in [4.78, 5) is 39.6. The van der Waals surface area contributed by atoms with Gasteiger partial charge in [-0.05, 0) is 42.5 Å². The third kappa shape index (κ3) is 4.56. The number of pyridine rings is 1. The van der Waals surface area contributed by atoms with Crippen LogP contribution in [0.3, 0.4) is 0 Å². The number of nitrogens with one attached hydrogen (secondary N) is 1. The zero-order chi connectivity index (χ0) is 26.1. The number of rotatable bonds is 7. The van der Waals surface area contributed by atoms with Crippen molar-refractivity contribution in [2.45, 2.75) is 6.54 Å². The van der Waals surface area contributed by atoms with Crippen molar-refractivity contribution in [3.63, 3.8) is 0 Å². The Morgan fingerprint density at radius 2 is 1.73 bits per heavy atom. The first-order valence-electron chi connectivity index (χ1n) is 11.2. The number of ether oxygens (including phenoxy) is 4. The molecular formula is C27H21FN2O7. The van der Waals surface area contributed by atoms with Crippen LogP contribution in [0.4, 0.5) is 10.1 Å². The molecule has 0 bridgehead atoms. The van der Waals surface area contributed by atoms with Crippen LogP contribution in [0.15, 0.2) is 65.6 Å². The summed E-state index contributed by atoms with van der Waals surface area (Å²) in [6.45, 7) is -0.256. The first kappa shape index (κ1) is 23.9. The number of anilines is 1. The van der Waals surface area contributed by atoms with Gasteiger partial charge in [-0.1, -0.05) is 0 Å². The number of carbonyl (C=O) groups is 2. The number of halogens is 1. The topological polar surface area (TPSA) is 105 Å². The maximum Gasteiger partial charge on any atom is 0.244 e. The van der Waals surface area contributed by atoms with Crippen molar-refractivity contribution in [2.75, 3.05) is 26.3 Å². The molecule has 188 valence electrons. The summed E-state index contributed by atoms with van der Waals surface area (Å²) in [5, 5.41) is 2.95. The molecule has 1 aliphatic heterocycles. The number of amides is 1. The fourth-order valence-electron chi connectivity index (χ4n) is 4.08. The van der Waals surface area contributed by atoms with Crippen molar-refractivity contribution in [3.8, 4) is 23.0 Å². The van der Waals surface area contributed by atoms with Crippen LogP contribution >= 0.6 is 0 Å². The molecule has 2 heterocycles. The quantitative estimate of drug-likeness (QED) is 0.382. The van der Waals surface area contributed by atoms with Gasteiger partial charge in [0, 0.05) is 23.9 Å². The highest BCUT2D eigenvalue weighted by Gasteiger charge is 2.22. The molecule has 0 radical (unpaired) electrons. The Balaban J connectivity index is 1.56. The van der Waals surface area contributed by atoms with Gasteiger partial charge in [-0.2, -0.15) is 0 Å². The maximum absolute atomic E-state index is 13.4. The van der Waals surface area contributed by atoms with Crippen molar-refractivity contribution < 1.29 is 32.9 Å². The average molecular weight is 504 g/mol. The molecule has 37 heavy (non-hydrogen) atoms. The van der Waals surface area contributed by atoms with Gasteiger partial charge in [0.05, 0.1) is 36.4 Å². The summed E-state index contributed by atoms with van der Waals surface area (Å²) in [5.41, 5.74) is 0.210. The smallest absolute Gasteiger partial charge is 0.244 e. The minimum Gasteiger partial charge on any atom is -0.497 e. The molecule has 10 heteroatoms. The van der Waals surface area contributed by atoms with Crippen LogP contribution in [0.5, 0.6) is 23.0 Å². The highest BCUT2D eigenvalue weighted by atomic mass is 19.1. The zero-order valence-electron chi connectivity index (χ0n) is 19.9. The van der Waals surface area contributed by atoms with E-state index in [4.69, 9.17) is 18.9 Å². The third-order valence-electron chi connectivity index (χ3n) is 5.92. The van der Waals surface area contributed by atoms with E-state index in [1.165, 1.54) is 43.2 Å². The Morgan fingerprint density at radius 1 is 1.00 bits per heavy atom. The predicted molar refractivity (Wildman–Crippen MR) is 132 cm³/mol. The van der Waals surface area contributed by atoms with Gasteiger partial charge in [0.15, 0.2) is 17.3 Å². The van der Waals surface area contributed by atoms with Gasteiger partial charge in [0.2, 0.25) is 18.1 Å². The molecule has 1 aromatic heterocycles. The fourth-order valence-corrected chi connectivity index (χ4v) is 4.08. The molecule has 0 atom stereocenters. The molecule has 0 fully saturated rings. The van der Waals surface area contributed by atoms with Gasteiger partial charge >= 0.3 is 0 Å². The molecule has 5 rings (SSSR count). The molecule has 0 unspecified atom stereocenters. The van der Waals surface area contributed by atoms with Crippen molar-refractivity contribution >= 4 is 28.3 Å². The summed E-state index contributed by atoms with van der Waals surface area (Å²) < 4.78 is 36.2. The van der Waals surface area contributed by atoms with E-state index >= 15 is 0 Å². The molecule has 0 saturated heterocycles. The normalized spacial score (nSPS) is 11.9. The Kier molecular flexibility index (Phi) is 6.22. The molecule has 1 N–H and O–H groups in total. The monoisotopic (exact) mass is 504 g/mol. The lowest BCUT2D eigenvalue weighted by Gasteiger charge is -2.15.